The molecule has 4 nitrogen and oxygen atoms in total. The number of aliphatic imine (C=N–C) groups is 1. The molecule has 0 amide bonds. The molecule has 5 heteroatoms. The van der Waals surface area contributed by atoms with E-state index in [0.717, 1.165) is 31.5 Å². The number of piperidine rings is 1. The molecule has 2 aliphatic rings. The predicted molar refractivity (Wildman–Crippen MR) is 101 cm³/mol. The molecule has 0 radical (unpaired) electrons. The van der Waals surface area contributed by atoms with Gasteiger partial charge in [-0.1, -0.05) is 13.3 Å². The van der Waals surface area contributed by atoms with Gasteiger partial charge >= 0.3 is 0 Å². The second kappa shape index (κ2) is 8.04. The number of hydrogen-bond acceptors (Lipinski definition) is 3. The van der Waals surface area contributed by atoms with Crippen LogP contribution in [-0.2, 0) is 0 Å². The van der Waals surface area contributed by atoms with Crippen LogP contribution in [-0.4, -0.2) is 37.7 Å². The molecule has 0 spiro atoms. The van der Waals surface area contributed by atoms with Gasteiger partial charge in [0, 0.05) is 31.7 Å². The highest BCUT2D eigenvalue weighted by molar-refractivity contribution is 7.14. The summed E-state index contributed by atoms with van der Waals surface area (Å²) in [4.78, 5) is 7.15. The van der Waals surface area contributed by atoms with Gasteiger partial charge in [0.15, 0.2) is 5.96 Å². The first-order valence-corrected chi connectivity index (χ1v) is 10.0. The molecule has 1 aliphatic carbocycles. The monoisotopic (exact) mass is 334 g/mol. The van der Waals surface area contributed by atoms with Gasteiger partial charge in [-0.25, -0.2) is 0 Å². The average molecular weight is 335 g/mol. The van der Waals surface area contributed by atoms with E-state index in [9.17, 15) is 0 Å². The van der Waals surface area contributed by atoms with Crippen LogP contribution in [0.2, 0.25) is 0 Å². The summed E-state index contributed by atoms with van der Waals surface area (Å²) in [6.07, 6.45) is 6.32. The highest BCUT2D eigenvalue weighted by atomic mass is 32.1. The van der Waals surface area contributed by atoms with Crippen molar-refractivity contribution in [3.05, 3.63) is 17.5 Å². The maximum absolute atomic E-state index is 4.64. The zero-order valence-corrected chi connectivity index (χ0v) is 15.2. The minimum atomic E-state index is 0.549. The zero-order valence-electron chi connectivity index (χ0n) is 14.4. The largest absolute Gasteiger partial charge is 0.363 e. The van der Waals surface area contributed by atoms with Crippen LogP contribution in [0.1, 0.15) is 46.0 Å². The summed E-state index contributed by atoms with van der Waals surface area (Å²) in [5.41, 5.74) is 0. The molecule has 1 aromatic heterocycles. The summed E-state index contributed by atoms with van der Waals surface area (Å²) in [5.74, 6) is 1.90. The van der Waals surface area contributed by atoms with Crippen molar-refractivity contribution in [3.8, 4) is 0 Å². The summed E-state index contributed by atoms with van der Waals surface area (Å²) < 4.78 is 0. The van der Waals surface area contributed by atoms with E-state index in [-0.39, 0.29) is 0 Å². The summed E-state index contributed by atoms with van der Waals surface area (Å²) in [7, 11) is 0. The molecule has 1 saturated heterocycles. The number of nitrogens with one attached hydrogen (secondary N) is 2. The van der Waals surface area contributed by atoms with Crippen molar-refractivity contribution in [2.45, 2.75) is 58.0 Å². The summed E-state index contributed by atoms with van der Waals surface area (Å²) in [5, 5.41) is 10.9. The Bertz CT molecular complexity index is 491. The first kappa shape index (κ1) is 16.6. The third-order valence-corrected chi connectivity index (χ3v) is 5.80. The van der Waals surface area contributed by atoms with Crippen molar-refractivity contribution in [2.24, 2.45) is 10.9 Å². The fourth-order valence-electron chi connectivity index (χ4n) is 3.47. The van der Waals surface area contributed by atoms with E-state index in [1.165, 1.54) is 37.1 Å². The molecular formula is C18H30N4S. The molecule has 2 heterocycles. The second-order valence-corrected chi connectivity index (χ2v) is 7.64. The normalized spacial score (nSPS) is 25.5. The van der Waals surface area contributed by atoms with Crippen molar-refractivity contribution in [2.75, 3.05) is 24.5 Å². The van der Waals surface area contributed by atoms with Crippen molar-refractivity contribution in [3.63, 3.8) is 0 Å². The minimum Gasteiger partial charge on any atom is -0.363 e. The van der Waals surface area contributed by atoms with Crippen LogP contribution in [0.5, 0.6) is 0 Å². The van der Waals surface area contributed by atoms with Gasteiger partial charge in [0.1, 0.15) is 0 Å². The van der Waals surface area contributed by atoms with Gasteiger partial charge in [-0.2, -0.15) is 0 Å². The van der Waals surface area contributed by atoms with Gasteiger partial charge in [-0.3, -0.25) is 4.99 Å². The van der Waals surface area contributed by atoms with E-state index in [0.29, 0.717) is 12.1 Å². The lowest BCUT2D eigenvalue weighted by Gasteiger charge is -2.33. The van der Waals surface area contributed by atoms with E-state index >= 15 is 0 Å². The van der Waals surface area contributed by atoms with E-state index in [1.807, 2.05) is 11.3 Å². The molecule has 1 saturated carbocycles. The highest BCUT2D eigenvalue weighted by Gasteiger charge is 2.36. The molecule has 1 aliphatic heterocycles. The fraction of sp³-hybridized carbons (Fsp3) is 0.722. The van der Waals surface area contributed by atoms with Crippen molar-refractivity contribution >= 4 is 22.3 Å². The summed E-state index contributed by atoms with van der Waals surface area (Å²) in [6, 6.07) is 5.57. The summed E-state index contributed by atoms with van der Waals surface area (Å²) in [6.45, 7) is 7.50. The third-order valence-electron chi connectivity index (χ3n) is 4.87. The van der Waals surface area contributed by atoms with Gasteiger partial charge in [0.25, 0.3) is 0 Å². The van der Waals surface area contributed by atoms with Crippen molar-refractivity contribution < 1.29 is 0 Å². The lowest BCUT2D eigenvalue weighted by Crippen LogP contribution is -2.49. The second-order valence-electron chi connectivity index (χ2n) is 6.72. The number of hydrogen-bond donors (Lipinski definition) is 2. The van der Waals surface area contributed by atoms with Gasteiger partial charge in [0.05, 0.1) is 5.00 Å². The van der Waals surface area contributed by atoms with E-state index in [2.05, 4.69) is 51.9 Å². The van der Waals surface area contributed by atoms with Crippen LogP contribution in [0, 0.1) is 5.92 Å². The predicted octanol–water partition coefficient (Wildman–Crippen LogP) is 3.46. The molecule has 3 rings (SSSR count). The molecule has 23 heavy (non-hydrogen) atoms. The smallest absolute Gasteiger partial charge is 0.191 e. The molecular weight excluding hydrogens is 304 g/mol. The molecule has 1 aromatic rings. The van der Waals surface area contributed by atoms with Crippen LogP contribution in [0.15, 0.2) is 22.5 Å². The third kappa shape index (κ3) is 4.63. The number of rotatable bonds is 6. The first-order valence-electron chi connectivity index (χ1n) is 9.16. The molecule has 128 valence electrons. The minimum absolute atomic E-state index is 0.549. The number of guanidine groups is 1. The van der Waals surface area contributed by atoms with Gasteiger partial charge in [0.2, 0.25) is 0 Å². The van der Waals surface area contributed by atoms with Crippen LogP contribution in [0.25, 0.3) is 0 Å². The maximum atomic E-state index is 4.64. The van der Waals surface area contributed by atoms with Crippen LogP contribution in [0.3, 0.4) is 0 Å². The Kier molecular flexibility index (Phi) is 5.81. The molecule has 0 aromatic carbocycles. The molecule has 2 N–H and O–H groups in total. The number of anilines is 1. The van der Waals surface area contributed by atoms with E-state index < -0.39 is 0 Å². The molecule has 2 fully saturated rings. The Morgan fingerprint density at radius 3 is 2.78 bits per heavy atom. The Morgan fingerprint density at radius 2 is 2.13 bits per heavy atom. The van der Waals surface area contributed by atoms with Crippen molar-refractivity contribution in [1.29, 1.82) is 0 Å². The van der Waals surface area contributed by atoms with Crippen LogP contribution in [0.4, 0.5) is 5.00 Å². The summed E-state index contributed by atoms with van der Waals surface area (Å²) >= 11 is 1.84. The fourth-order valence-corrected chi connectivity index (χ4v) is 4.25. The van der Waals surface area contributed by atoms with Gasteiger partial charge in [-0.05, 0) is 56.0 Å². The Hall–Kier alpha value is -1.23. The lowest BCUT2D eigenvalue weighted by molar-refractivity contribution is 0.461. The standard InChI is InChI=1S/C18H30N4S/c1-3-6-14-13-16(14)21-18(19-4-2)20-15-8-10-22(11-9-15)17-7-5-12-23-17/h5,7,12,14-16H,3-4,6,8-11,13H2,1-2H3,(H2,19,20,21). The average Bonchev–Trinajstić information content (AvgIpc) is 3.06. The van der Waals surface area contributed by atoms with Crippen molar-refractivity contribution in [1.82, 2.24) is 10.6 Å². The van der Waals surface area contributed by atoms with Crippen LogP contribution < -0.4 is 15.5 Å². The lowest BCUT2D eigenvalue weighted by atomic mass is 10.1. The number of thiophene rings is 1. The molecule has 0 bridgehead atoms. The van der Waals surface area contributed by atoms with Crippen LogP contribution >= 0.6 is 11.3 Å². The number of nitrogens with zero attached hydrogens (tertiary/aromatic N) is 2. The Balaban J connectivity index is 1.45. The Morgan fingerprint density at radius 1 is 1.30 bits per heavy atom. The van der Waals surface area contributed by atoms with Gasteiger partial charge in [-0.15, -0.1) is 11.3 Å². The maximum Gasteiger partial charge on any atom is 0.191 e. The highest BCUT2D eigenvalue weighted by Crippen LogP contribution is 2.34. The zero-order chi connectivity index (χ0) is 16.1. The molecule has 2 atom stereocenters. The SMILES string of the molecule is CCCC1CC1NC(=NCC)NC1CCN(c2cccs2)CC1. The van der Waals surface area contributed by atoms with E-state index in [4.69, 9.17) is 0 Å². The first-order chi connectivity index (χ1) is 11.3. The molecule has 2 unspecified atom stereocenters. The van der Waals surface area contributed by atoms with E-state index in [1.54, 1.807) is 0 Å². The quantitative estimate of drug-likeness (QED) is 0.618. The topological polar surface area (TPSA) is 39.7 Å². The Labute approximate surface area is 144 Å². The van der Waals surface area contributed by atoms with Gasteiger partial charge < -0.3 is 15.5 Å².